The van der Waals surface area contributed by atoms with E-state index in [-0.39, 0.29) is 10.7 Å². The fourth-order valence-electron chi connectivity index (χ4n) is 2.64. The molecule has 0 spiro atoms. The molecule has 0 fully saturated rings. The molecule has 2 aromatic heterocycles. The Hall–Kier alpha value is -2.21. The predicted molar refractivity (Wildman–Crippen MR) is 100 cm³/mol. The third kappa shape index (κ3) is 3.06. The molecule has 3 rings (SSSR count). The lowest BCUT2D eigenvalue weighted by molar-refractivity contribution is -0.115. The van der Waals surface area contributed by atoms with Gasteiger partial charge in [0.05, 0.1) is 16.0 Å². The first-order valence-corrected chi connectivity index (χ1v) is 8.67. The molecule has 1 N–H and O–H groups in total. The first kappa shape index (κ1) is 16.6. The molecule has 0 aliphatic carbocycles. The second kappa shape index (κ2) is 6.36. The van der Waals surface area contributed by atoms with Crippen LogP contribution in [0, 0.1) is 20.8 Å². The number of para-hydroxylation sites is 1. The van der Waals surface area contributed by atoms with Crippen LogP contribution < -0.4 is 5.32 Å². The van der Waals surface area contributed by atoms with Crippen LogP contribution in [0.3, 0.4) is 0 Å². The highest BCUT2D eigenvalue weighted by Crippen LogP contribution is 2.24. The molecule has 1 amide bonds. The number of carbonyl (C=O) groups is 1. The highest BCUT2D eigenvalue weighted by Gasteiger charge is 2.16. The van der Waals surface area contributed by atoms with Crippen molar-refractivity contribution < 1.29 is 4.79 Å². The Morgan fingerprint density at radius 1 is 1.21 bits per heavy atom. The van der Waals surface area contributed by atoms with E-state index in [1.807, 2.05) is 38.1 Å². The van der Waals surface area contributed by atoms with Crippen LogP contribution in [0.4, 0.5) is 5.82 Å². The van der Waals surface area contributed by atoms with Gasteiger partial charge in [-0.05, 0) is 44.9 Å². The fraction of sp³-hybridized carbons (Fsp3) is 0.278. The number of amides is 1. The third-order valence-electron chi connectivity index (χ3n) is 3.90. The molecule has 6 heteroatoms. The molecule has 1 atom stereocenters. The van der Waals surface area contributed by atoms with Crippen molar-refractivity contribution in [2.24, 2.45) is 0 Å². The SMILES string of the molecule is Cc1cc(NC(=O)C(C)Br)n(-c2cc(C)c3cccc(C)c3n2)n1. The van der Waals surface area contributed by atoms with E-state index in [4.69, 9.17) is 4.98 Å². The average molecular weight is 387 g/mol. The smallest absolute Gasteiger partial charge is 0.239 e. The van der Waals surface area contributed by atoms with Gasteiger partial charge in [-0.25, -0.2) is 4.98 Å². The molecular weight excluding hydrogens is 368 g/mol. The summed E-state index contributed by atoms with van der Waals surface area (Å²) < 4.78 is 1.68. The Balaban J connectivity index is 2.14. The molecule has 5 nitrogen and oxygen atoms in total. The minimum absolute atomic E-state index is 0.121. The number of anilines is 1. The van der Waals surface area contributed by atoms with Crippen molar-refractivity contribution in [3.05, 3.63) is 47.2 Å². The van der Waals surface area contributed by atoms with Gasteiger partial charge in [0.15, 0.2) is 5.82 Å². The summed E-state index contributed by atoms with van der Waals surface area (Å²) >= 11 is 3.28. The van der Waals surface area contributed by atoms with Crippen molar-refractivity contribution in [3.63, 3.8) is 0 Å². The lowest BCUT2D eigenvalue weighted by Crippen LogP contribution is -2.22. The summed E-state index contributed by atoms with van der Waals surface area (Å²) in [6, 6.07) is 9.97. The minimum Gasteiger partial charge on any atom is -0.310 e. The van der Waals surface area contributed by atoms with Gasteiger partial charge in [-0.1, -0.05) is 34.1 Å². The van der Waals surface area contributed by atoms with Crippen LogP contribution in [0.2, 0.25) is 0 Å². The molecule has 0 saturated carbocycles. The Bertz CT molecular complexity index is 930. The minimum atomic E-state index is -0.283. The number of aromatic nitrogens is 3. The van der Waals surface area contributed by atoms with Crippen LogP contribution in [-0.2, 0) is 4.79 Å². The van der Waals surface area contributed by atoms with Crippen LogP contribution in [0.15, 0.2) is 30.3 Å². The lowest BCUT2D eigenvalue weighted by Gasteiger charge is -2.12. The first-order valence-electron chi connectivity index (χ1n) is 7.76. The van der Waals surface area contributed by atoms with Gasteiger partial charge in [-0.2, -0.15) is 9.78 Å². The van der Waals surface area contributed by atoms with Crippen molar-refractivity contribution in [1.82, 2.24) is 14.8 Å². The van der Waals surface area contributed by atoms with Gasteiger partial charge in [0, 0.05) is 11.5 Å². The number of carbonyl (C=O) groups excluding carboxylic acids is 1. The highest BCUT2D eigenvalue weighted by atomic mass is 79.9. The summed E-state index contributed by atoms with van der Waals surface area (Å²) in [5, 5.41) is 8.51. The molecule has 0 bridgehead atoms. The second-order valence-electron chi connectivity index (χ2n) is 5.96. The summed E-state index contributed by atoms with van der Waals surface area (Å²) in [5.41, 5.74) is 4.00. The Morgan fingerprint density at radius 3 is 2.67 bits per heavy atom. The quantitative estimate of drug-likeness (QED) is 0.690. The van der Waals surface area contributed by atoms with Crippen molar-refractivity contribution in [2.75, 3.05) is 5.32 Å². The van der Waals surface area contributed by atoms with E-state index in [2.05, 4.69) is 39.3 Å². The zero-order valence-corrected chi connectivity index (χ0v) is 15.7. The van der Waals surface area contributed by atoms with Gasteiger partial charge >= 0.3 is 0 Å². The molecule has 1 aromatic carbocycles. The van der Waals surface area contributed by atoms with Crippen molar-refractivity contribution >= 4 is 38.6 Å². The van der Waals surface area contributed by atoms with E-state index in [0.29, 0.717) is 11.6 Å². The fourth-order valence-corrected chi connectivity index (χ4v) is 2.76. The largest absolute Gasteiger partial charge is 0.310 e. The summed E-state index contributed by atoms with van der Waals surface area (Å²) in [7, 11) is 0. The van der Waals surface area contributed by atoms with E-state index in [9.17, 15) is 4.79 Å². The third-order valence-corrected chi connectivity index (χ3v) is 4.31. The molecule has 0 radical (unpaired) electrons. The highest BCUT2D eigenvalue weighted by molar-refractivity contribution is 9.10. The van der Waals surface area contributed by atoms with E-state index in [1.165, 1.54) is 0 Å². The molecule has 0 aliphatic heterocycles. The van der Waals surface area contributed by atoms with Crippen LogP contribution in [0.5, 0.6) is 0 Å². The Kier molecular flexibility index (Phi) is 4.41. The number of nitrogens with one attached hydrogen (secondary N) is 1. The van der Waals surface area contributed by atoms with E-state index >= 15 is 0 Å². The number of aryl methyl sites for hydroxylation is 3. The first-order chi connectivity index (χ1) is 11.4. The number of pyridine rings is 1. The van der Waals surface area contributed by atoms with Gasteiger partial charge in [-0.3, -0.25) is 4.79 Å². The number of halogens is 1. The maximum absolute atomic E-state index is 12.0. The molecule has 24 heavy (non-hydrogen) atoms. The van der Waals surface area contributed by atoms with Gasteiger partial charge < -0.3 is 5.32 Å². The Morgan fingerprint density at radius 2 is 1.96 bits per heavy atom. The van der Waals surface area contributed by atoms with Crippen LogP contribution >= 0.6 is 15.9 Å². The monoisotopic (exact) mass is 386 g/mol. The molecule has 1 unspecified atom stereocenters. The van der Waals surface area contributed by atoms with Gasteiger partial charge in [-0.15, -0.1) is 0 Å². The molecule has 0 aliphatic rings. The number of nitrogens with zero attached hydrogens (tertiary/aromatic N) is 3. The maximum Gasteiger partial charge on any atom is 0.239 e. The second-order valence-corrected chi connectivity index (χ2v) is 7.33. The molecular formula is C18H19BrN4O. The number of fused-ring (bicyclic) bond motifs is 1. The van der Waals surface area contributed by atoms with Crippen molar-refractivity contribution in [2.45, 2.75) is 32.5 Å². The number of hydrogen-bond acceptors (Lipinski definition) is 3. The molecule has 2 heterocycles. The van der Waals surface area contributed by atoms with E-state index in [0.717, 1.165) is 27.7 Å². The predicted octanol–water partition coefficient (Wildman–Crippen LogP) is 4.07. The van der Waals surface area contributed by atoms with E-state index < -0.39 is 0 Å². The summed E-state index contributed by atoms with van der Waals surface area (Å²) in [6.07, 6.45) is 0. The zero-order valence-electron chi connectivity index (χ0n) is 14.1. The number of rotatable bonds is 3. The summed E-state index contributed by atoms with van der Waals surface area (Å²) in [4.78, 5) is 16.5. The molecule has 0 saturated heterocycles. The van der Waals surface area contributed by atoms with Gasteiger partial charge in [0.2, 0.25) is 5.91 Å². The summed E-state index contributed by atoms with van der Waals surface area (Å²) in [6.45, 7) is 7.78. The molecule has 124 valence electrons. The Labute approximate surface area is 149 Å². The van der Waals surface area contributed by atoms with Crippen LogP contribution in [0.25, 0.3) is 16.7 Å². The standard InChI is InChI=1S/C18H19BrN4O/c1-10-6-5-7-14-11(2)8-15(20-17(10)14)23-16(9-12(3)22-23)21-18(24)13(4)19/h5-9,13H,1-4H3,(H,21,24). The van der Waals surface area contributed by atoms with E-state index in [1.54, 1.807) is 11.6 Å². The number of alkyl halides is 1. The number of hydrogen-bond donors (Lipinski definition) is 1. The topological polar surface area (TPSA) is 59.8 Å². The van der Waals surface area contributed by atoms with Crippen molar-refractivity contribution in [1.29, 1.82) is 0 Å². The van der Waals surface area contributed by atoms with Crippen LogP contribution in [0.1, 0.15) is 23.7 Å². The lowest BCUT2D eigenvalue weighted by atomic mass is 10.1. The van der Waals surface area contributed by atoms with Gasteiger partial charge in [0.1, 0.15) is 5.82 Å². The van der Waals surface area contributed by atoms with Crippen LogP contribution in [-0.4, -0.2) is 25.5 Å². The summed E-state index contributed by atoms with van der Waals surface area (Å²) in [5.74, 6) is 1.19. The van der Waals surface area contributed by atoms with Crippen molar-refractivity contribution in [3.8, 4) is 5.82 Å². The number of benzene rings is 1. The normalized spacial score (nSPS) is 12.4. The maximum atomic E-state index is 12.0. The zero-order chi connectivity index (χ0) is 17.4. The average Bonchev–Trinajstić information content (AvgIpc) is 2.88. The molecule has 3 aromatic rings. The van der Waals surface area contributed by atoms with Gasteiger partial charge in [0.25, 0.3) is 0 Å².